The van der Waals surface area contributed by atoms with E-state index in [1.807, 2.05) is 0 Å². The van der Waals surface area contributed by atoms with Crippen molar-refractivity contribution < 1.29 is 31.9 Å². The maximum absolute atomic E-state index is 12.7. The summed E-state index contributed by atoms with van der Waals surface area (Å²) in [5.41, 5.74) is 1.14. The minimum atomic E-state index is -3.46. The number of hydrogen-bond acceptors (Lipinski definition) is 7. The van der Waals surface area contributed by atoms with Crippen molar-refractivity contribution in [3.05, 3.63) is 53.0 Å². The Labute approximate surface area is 182 Å². The van der Waals surface area contributed by atoms with E-state index in [9.17, 15) is 18.0 Å². The van der Waals surface area contributed by atoms with E-state index in [1.165, 1.54) is 17.5 Å². The van der Waals surface area contributed by atoms with Crippen molar-refractivity contribution in [1.82, 2.24) is 4.31 Å². The third kappa shape index (κ3) is 5.74. The fourth-order valence-corrected chi connectivity index (χ4v) is 5.00. The Kier molecular flexibility index (Phi) is 7.50. The highest BCUT2D eigenvalue weighted by Gasteiger charge is 2.25. The van der Waals surface area contributed by atoms with Gasteiger partial charge in [-0.2, -0.15) is 4.31 Å². The van der Waals surface area contributed by atoms with Gasteiger partial charge in [0, 0.05) is 19.5 Å². The molecular formula is C22H27NO7S. The molecule has 0 unspecified atom stereocenters. The molecule has 0 aliphatic carbocycles. The van der Waals surface area contributed by atoms with Crippen LogP contribution >= 0.6 is 0 Å². The number of benzene rings is 1. The largest absolute Gasteiger partial charge is 0.465 e. The van der Waals surface area contributed by atoms with Crippen molar-refractivity contribution in [2.75, 3.05) is 20.2 Å². The van der Waals surface area contributed by atoms with Crippen molar-refractivity contribution in [3.8, 4) is 0 Å². The van der Waals surface area contributed by atoms with Crippen LogP contribution in [0.5, 0.6) is 0 Å². The smallest absolute Gasteiger partial charge is 0.341 e. The van der Waals surface area contributed by atoms with Crippen LogP contribution in [0.25, 0.3) is 0 Å². The number of carbonyl (C=O) groups excluding carboxylic acids is 2. The van der Waals surface area contributed by atoms with E-state index >= 15 is 0 Å². The van der Waals surface area contributed by atoms with E-state index in [4.69, 9.17) is 9.15 Å². The van der Waals surface area contributed by atoms with Crippen molar-refractivity contribution in [1.29, 1.82) is 0 Å². The molecule has 168 valence electrons. The van der Waals surface area contributed by atoms with Crippen molar-refractivity contribution in [2.24, 2.45) is 0 Å². The second-order valence-corrected chi connectivity index (χ2v) is 9.38. The number of piperidine rings is 1. The number of methoxy groups -OCH3 is 1. The minimum absolute atomic E-state index is 0.0797. The van der Waals surface area contributed by atoms with Crippen molar-refractivity contribution >= 4 is 22.0 Å². The summed E-state index contributed by atoms with van der Waals surface area (Å²) >= 11 is 0. The number of rotatable bonds is 8. The fourth-order valence-electron chi connectivity index (χ4n) is 3.48. The standard InChI is InChI=1S/C22H27NO7S/c1-16-20(22(25)28-2)14-18(30-16)15-29-21(24)11-8-17-6-9-19(10-7-17)31(26,27)23-12-4-3-5-13-23/h6-7,9-10,14H,3-5,8,11-13,15H2,1-2H3. The summed E-state index contributed by atoms with van der Waals surface area (Å²) in [4.78, 5) is 23.9. The van der Waals surface area contributed by atoms with Crippen LogP contribution in [0.2, 0.25) is 0 Å². The lowest BCUT2D eigenvalue weighted by Gasteiger charge is -2.25. The fraction of sp³-hybridized carbons (Fsp3) is 0.455. The van der Waals surface area contributed by atoms with Gasteiger partial charge in [0.2, 0.25) is 10.0 Å². The molecule has 0 amide bonds. The topological polar surface area (TPSA) is 103 Å². The van der Waals surface area contributed by atoms with Crippen molar-refractivity contribution in [2.45, 2.75) is 50.5 Å². The molecular weight excluding hydrogens is 422 g/mol. The maximum atomic E-state index is 12.7. The molecule has 1 aliphatic heterocycles. The molecule has 0 bridgehead atoms. The molecule has 0 atom stereocenters. The van der Waals surface area contributed by atoms with E-state index < -0.39 is 22.0 Å². The zero-order valence-corrected chi connectivity index (χ0v) is 18.6. The first-order valence-electron chi connectivity index (χ1n) is 10.2. The number of esters is 2. The highest BCUT2D eigenvalue weighted by molar-refractivity contribution is 7.89. The van der Waals surface area contributed by atoms with Gasteiger partial charge in [0.15, 0.2) is 0 Å². The Balaban J connectivity index is 1.50. The predicted molar refractivity (Wildman–Crippen MR) is 112 cm³/mol. The Bertz CT molecular complexity index is 1020. The summed E-state index contributed by atoms with van der Waals surface area (Å²) < 4.78 is 42.2. The first-order valence-corrected chi connectivity index (χ1v) is 11.7. The third-order valence-corrected chi connectivity index (χ3v) is 7.16. The molecule has 2 heterocycles. The average Bonchev–Trinajstić information content (AvgIpc) is 3.17. The van der Waals surface area contributed by atoms with E-state index in [2.05, 4.69) is 4.74 Å². The van der Waals surface area contributed by atoms with Crippen LogP contribution in [-0.4, -0.2) is 44.9 Å². The summed E-state index contributed by atoms with van der Waals surface area (Å²) in [6, 6.07) is 8.12. The molecule has 0 N–H and O–H groups in total. The van der Waals surface area contributed by atoms with E-state index in [0.717, 1.165) is 24.8 Å². The SMILES string of the molecule is COC(=O)c1cc(COC(=O)CCc2ccc(S(=O)(=O)N3CCCCC3)cc2)oc1C. The maximum Gasteiger partial charge on any atom is 0.341 e. The van der Waals surface area contributed by atoms with Gasteiger partial charge in [-0.15, -0.1) is 0 Å². The summed E-state index contributed by atoms with van der Waals surface area (Å²) in [5, 5.41) is 0. The van der Waals surface area contributed by atoms with Gasteiger partial charge in [0.05, 0.1) is 12.0 Å². The van der Waals surface area contributed by atoms with Gasteiger partial charge in [-0.25, -0.2) is 13.2 Å². The Hall–Kier alpha value is -2.65. The number of aryl methyl sites for hydroxylation is 2. The van der Waals surface area contributed by atoms with Gasteiger partial charge >= 0.3 is 11.9 Å². The molecule has 0 radical (unpaired) electrons. The Morgan fingerprint density at radius 1 is 1.10 bits per heavy atom. The van der Waals surface area contributed by atoms with Gasteiger partial charge < -0.3 is 13.9 Å². The number of furan rings is 1. The number of carbonyl (C=O) groups is 2. The first kappa shape index (κ1) is 23.0. The van der Waals surface area contributed by atoms with Gasteiger partial charge in [-0.05, 0) is 49.9 Å². The predicted octanol–water partition coefficient (Wildman–Crippen LogP) is 3.23. The highest BCUT2D eigenvalue weighted by atomic mass is 32.2. The summed E-state index contributed by atoms with van der Waals surface area (Å²) in [6.07, 6.45) is 3.41. The lowest BCUT2D eigenvalue weighted by Crippen LogP contribution is -2.35. The molecule has 1 fully saturated rings. The molecule has 1 saturated heterocycles. The number of hydrogen-bond donors (Lipinski definition) is 0. The molecule has 1 aliphatic rings. The number of ether oxygens (including phenoxy) is 2. The molecule has 2 aromatic rings. The molecule has 1 aromatic heterocycles. The molecule has 0 saturated carbocycles. The molecule has 0 spiro atoms. The zero-order valence-electron chi connectivity index (χ0n) is 17.8. The van der Waals surface area contributed by atoms with Gasteiger partial charge in [0.1, 0.15) is 23.7 Å². The first-order chi connectivity index (χ1) is 14.8. The second kappa shape index (κ2) is 10.1. The van der Waals surface area contributed by atoms with Gasteiger partial charge in [-0.3, -0.25) is 4.79 Å². The highest BCUT2D eigenvalue weighted by Crippen LogP contribution is 2.21. The average molecular weight is 450 g/mol. The monoisotopic (exact) mass is 449 g/mol. The Morgan fingerprint density at radius 3 is 2.42 bits per heavy atom. The van der Waals surface area contributed by atoms with Crippen LogP contribution in [0.4, 0.5) is 0 Å². The molecule has 9 heteroatoms. The van der Waals surface area contributed by atoms with Gasteiger partial charge in [-0.1, -0.05) is 18.6 Å². The number of nitrogens with zero attached hydrogens (tertiary/aromatic N) is 1. The second-order valence-electron chi connectivity index (χ2n) is 7.44. The summed E-state index contributed by atoms with van der Waals surface area (Å²) in [7, 11) is -2.18. The zero-order chi connectivity index (χ0) is 22.4. The third-order valence-electron chi connectivity index (χ3n) is 5.24. The van der Waals surface area contributed by atoms with Gasteiger partial charge in [0.25, 0.3) is 0 Å². The van der Waals surface area contributed by atoms with Crippen LogP contribution in [0, 0.1) is 6.92 Å². The van der Waals surface area contributed by atoms with Crippen LogP contribution in [0.3, 0.4) is 0 Å². The molecule has 1 aromatic carbocycles. The normalized spacial score (nSPS) is 14.9. The molecule has 31 heavy (non-hydrogen) atoms. The molecule has 8 nitrogen and oxygen atoms in total. The quantitative estimate of drug-likeness (QED) is 0.570. The Morgan fingerprint density at radius 2 is 1.77 bits per heavy atom. The lowest BCUT2D eigenvalue weighted by atomic mass is 10.1. The minimum Gasteiger partial charge on any atom is -0.465 e. The summed E-state index contributed by atoms with van der Waals surface area (Å²) in [5.74, 6) is -0.167. The van der Waals surface area contributed by atoms with E-state index in [1.54, 1.807) is 31.2 Å². The van der Waals surface area contributed by atoms with Crippen LogP contribution in [0.1, 0.15) is 53.1 Å². The number of sulfonamides is 1. The van der Waals surface area contributed by atoms with E-state index in [0.29, 0.717) is 36.6 Å². The van der Waals surface area contributed by atoms with E-state index in [-0.39, 0.29) is 17.9 Å². The van der Waals surface area contributed by atoms with Crippen LogP contribution < -0.4 is 0 Å². The van der Waals surface area contributed by atoms with Crippen LogP contribution in [-0.2, 0) is 37.3 Å². The summed E-state index contributed by atoms with van der Waals surface area (Å²) in [6.45, 7) is 2.68. The molecule has 3 rings (SSSR count). The van der Waals surface area contributed by atoms with Crippen LogP contribution in [0.15, 0.2) is 39.6 Å². The van der Waals surface area contributed by atoms with Crippen molar-refractivity contribution in [3.63, 3.8) is 0 Å². The lowest BCUT2D eigenvalue weighted by molar-refractivity contribution is -0.145.